The van der Waals surface area contributed by atoms with Crippen molar-refractivity contribution >= 4 is 21.7 Å². The number of anilines is 1. The van der Waals surface area contributed by atoms with Crippen molar-refractivity contribution in [2.45, 2.75) is 0 Å². The van der Waals surface area contributed by atoms with Crippen LogP contribution in [0.25, 0.3) is 0 Å². The van der Waals surface area contributed by atoms with Crippen molar-refractivity contribution in [1.82, 2.24) is 5.32 Å². The van der Waals surface area contributed by atoms with Gasteiger partial charge in [0.05, 0.1) is 5.75 Å². The molecule has 0 saturated heterocycles. The Morgan fingerprint density at radius 2 is 1.61 bits per heavy atom. The number of hydrogen-bond acceptors (Lipinski definition) is 4. The zero-order valence-electron chi connectivity index (χ0n) is 12.2. The molecule has 0 bridgehead atoms. The van der Waals surface area contributed by atoms with Gasteiger partial charge >= 0.3 is 6.03 Å². The molecule has 8 heteroatoms. The van der Waals surface area contributed by atoms with Gasteiger partial charge in [-0.1, -0.05) is 18.2 Å². The van der Waals surface area contributed by atoms with Crippen LogP contribution < -0.4 is 20.5 Å². The molecule has 2 rings (SSSR count). The van der Waals surface area contributed by atoms with Crippen LogP contribution in [0.1, 0.15) is 0 Å². The van der Waals surface area contributed by atoms with E-state index in [4.69, 9.17) is 9.88 Å². The van der Waals surface area contributed by atoms with Crippen molar-refractivity contribution in [3.8, 4) is 11.5 Å². The molecular weight excluding hydrogens is 318 g/mol. The van der Waals surface area contributed by atoms with Gasteiger partial charge in [-0.15, -0.1) is 0 Å². The second-order valence-corrected chi connectivity index (χ2v) is 6.42. The molecule has 0 fully saturated rings. The third-order valence-electron chi connectivity index (χ3n) is 2.76. The first-order chi connectivity index (χ1) is 10.9. The summed E-state index contributed by atoms with van der Waals surface area (Å²) < 4.78 is 27.1. The molecule has 0 heterocycles. The lowest BCUT2D eigenvalue weighted by Crippen LogP contribution is -2.34. The molecule has 0 aliphatic carbocycles. The van der Waals surface area contributed by atoms with Crippen LogP contribution in [0.3, 0.4) is 0 Å². The standard InChI is InChI=1S/C15H17N3O4S/c16-23(20,21)11-10-17-15(19)18-12-6-8-14(9-7-12)22-13-4-2-1-3-5-13/h1-9H,10-11H2,(H2,16,20,21)(H2,17,18,19). The Bertz CT molecular complexity index is 746. The number of carbonyl (C=O) groups is 1. The highest BCUT2D eigenvalue weighted by molar-refractivity contribution is 7.89. The zero-order chi connectivity index (χ0) is 16.7. The van der Waals surface area contributed by atoms with Gasteiger partial charge in [-0.2, -0.15) is 0 Å². The number of hydrogen-bond donors (Lipinski definition) is 3. The number of benzene rings is 2. The van der Waals surface area contributed by atoms with Crippen molar-refractivity contribution in [2.24, 2.45) is 5.14 Å². The minimum atomic E-state index is -3.59. The van der Waals surface area contributed by atoms with Crippen molar-refractivity contribution in [1.29, 1.82) is 0 Å². The van der Waals surface area contributed by atoms with Crippen LogP contribution in [-0.4, -0.2) is 26.7 Å². The topological polar surface area (TPSA) is 111 Å². The quantitative estimate of drug-likeness (QED) is 0.748. The van der Waals surface area contributed by atoms with Crippen LogP contribution in [0.15, 0.2) is 54.6 Å². The fourth-order valence-electron chi connectivity index (χ4n) is 1.71. The monoisotopic (exact) mass is 335 g/mol. The van der Waals surface area contributed by atoms with Crippen LogP contribution >= 0.6 is 0 Å². The van der Waals surface area contributed by atoms with Gasteiger partial charge in [0.1, 0.15) is 11.5 Å². The summed E-state index contributed by atoms with van der Waals surface area (Å²) in [6, 6.07) is 15.6. The van der Waals surface area contributed by atoms with E-state index in [0.29, 0.717) is 17.2 Å². The highest BCUT2D eigenvalue weighted by atomic mass is 32.2. The Balaban J connectivity index is 1.84. The first-order valence-electron chi connectivity index (χ1n) is 6.81. The number of carbonyl (C=O) groups excluding carboxylic acids is 1. The van der Waals surface area contributed by atoms with E-state index in [9.17, 15) is 13.2 Å². The van der Waals surface area contributed by atoms with E-state index in [1.807, 2.05) is 30.3 Å². The maximum absolute atomic E-state index is 11.6. The minimum Gasteiger partial charge on any atom is -0.457 e. The highest BCUT2D eigenvalue weighted by Gasteiger charge is 2.05. The van der Waals surface area contributed by atoms with Crippen LogP contribution in [-0.2, 0) is 10.0 Å². The van der Waals surface area contributed by atoms with Crippen LogP contribution in [0.4, 0.5) is 10.5 Å². The largest absolute Gasteiger partial charge is 0.457 e. The number of primary sulfonamides is 1. The molecule has 122 valence electrons. The Morgan fingerprint density at radius 1 is 1.00 bits per heavy atom. The molecular formula is C15H17N3O4S. The summed E-state index contributed by atoms with van der Waals surface area (Å²) in [5, 5.41) is 9.82. The summed E-state index contributed by atoms with van der Waals surface area (Å²) in [7, 11) is -3.59. The third kappa shape index (κ3) is 6.37. The van der Waals surface area contributed by atoms with Gasteiger partial charge in [0.25, 0.3) is 0 Å². The van der Waals surface area contributed by atoms with E-state index in [1.165, 1.54) is 0 Å². The van der Waals surface area contributed by atoms with Crippen molar-refractivity contribution in [3.63, 3.8) is 0 Å². The number of nitrogens with two attached hydrogens (primary N) is 1. The molecule has 4 N–H and O–H groups in total. The van der Waals surface area contributed by atoms with E-state index < -0.39 is 16.1 Å². The van der Waals surface area contributed by atoms with Gasteiger partial charge < -0.3 is 15.4 Å². The van der Waals surface area contributed by atoms with Crippen LogP contribution in [0.2, 0.25) is 0 Å². The second kappa shape index (κ2) is 7.61. The summed E-state index contributed by atoms with van der Waals surface area (Å²) in [5.41, 5.74) is 0.554. The van der Waals surface area contributed by atoms with Gasteiger partial charge in [-0.05, 0) is 36.4 Å². The third-order valence-corrected chi connectivity index (χ3v) is 3.54. The molecule has 0 aliphatic heterocycles. The predicted molar refractivity (Wildman–Crippen MR) is 88.0 cm³/mol. The number of ether oxygens (including phenoxy) is 1. The zero-order valence-corrected chi connectivity index (χ0v) is 13.0. The van der Waals surface area contributed by atoms with Crippen LogP contribution in [0.5, 0.6) is 11.5 Å². The van der Waals surface area contributed by atoms with E-state index in [2.05, 4.69) is 10.6 Å². The second-order valence-electron chi connectivity index (χ2n) is 4.69. The molecule has 0 saturated carbocycles. The summed E-state index contributed by atoms with van der Waals surface area (Å²) in [4.78, 5) is 11.6. The molecule has 0 radical (unpaired) electrons. The Morgan fingerprint density at radius 3 is 2.22 bits per heavy atom. The average molecular weight is 335 g/mol. The number of sulfonamides is 1. The predicted octanol–water partition coefficient (Wildman–Crippen LogP) is 1.89. The van der Waals surface area contributed by atoms with E-state index in [0.717, 1.165) is 0 Å². The van der Waals surface area contributed by atoms with E-state index in [1.54, 1.807) is 24.3 Å². The van der Waals surface area contributed by atoms with E-state index in [-0.39, 0.29) is 12.3 Å². The first-order valence-corrected chi connectivity index (χ1v) is 8.52. The molecule has 0 aromatic heterocycles. The lowest BCUT2D eigenvalue weighted by molar-refractivity contribution is 0.252. The fraction of sp³-hybridized carbons (Fsp3) is 0.133. The highest BCUT2D eigenvalue weighted by Crippen LogP contribution is 2.22. The van der Waals surface area contributed by atoms with Gasteiger partial charge in [0.15, 0.2) is 0 Å². The molecule has 0 aliphatic rings. The number of amides is 2. The number of urea groups is 1. The molecule has 0 spiro atoms. The number of nitrogens with one attached hydrogen (secondary N) is 2. The average Bonchev–Trinajstić information content (AvgIpc) is 2.49. The smallest absolute Gasteiger partial charge is 0.319 e. The Hall–Kier alpha value is -2.58. The fourth-order valence-corrected chi connectivity index (χ4v) is 2.10. The van der Waals surface area contributed by atoms with Gasteiger partial charge in [0.2, 0.25) is 10.0 Å². The number of rotatable bonds is 6. The summed E-state index contributed by atoms with van der Waals surface area (Å²) in [6.45, 7) is -0.0557. The van der Waals surface area contributed by atoms with Crippen molar-refractivity contribution < 1.29 is 17.9 Å². The summed E-state index contributed by atoms with van der Waals surface area (Å²) >= 11 is 0. The maximum Gasteiger partial charge on any atom is 0.319 e. The van der Waals surface area contributed by atoms with E-state index >= 15 is 0 Å². The SMILES string of the molecule is NS(=O)(=O)CCNC(=O)Nc1ccc(Oc2ccccc2)cc1. The molecule has 2 aromatic carbocycles. The molecule has 7 nitrogen and oxygen atoms in total. The lowest BCUT2D eigenvalue weighted by atomic mass is 10.3. The molecule has 2 aromatic rings. The molecule has 0 unspecified atom stereocenters. The number of para-hydroxylation sites is 1. The van der Waals surface area contributed by atoms with Gasteiger partial charge in [-0.25, -0.2) is 18.4 Å². The Labute approximate surface area is 134 Å². The maximum atomic E-state index is 11.6. The summed E-state index contributed by atoms with van der Waals surface area (Å²) in [6.07, 6.45) is 0. The molecule has 0 atom stereocenters. The lowest BCUT2D eigenvalue weighted by Gasteiger charge is -2.09. The van der Waals surface area contributed by atoms with Crippen LogP contribution in [0, 0.1) is 0 Å². The minimum absolute atomic E-state index is 0.0557. The van der Waals surface area contributed by atoms with Gasteiger partial charge in [-0.3, -0.25) is 0 Å². The molecule has 23 heavy (non-hydrogen) atoms. The summed E-state index contributed by atoms with van der Waals surface area (Å²) in [5.74, 6) is 1.04. The molecule has 2 amide bonds. The van der Waals surface area contributed by atoms with Crippen molar-refractivity contribution in [3.05, 3.63) is 54.6 Å². The Kier molecular flexibility index (Phi) is 5.56. The van der Waals surface area contributed by atoms with Crippen molar-refractivity contribution in [2.75, 3.05) is 17.6 Å². The first kappa shape index (κ1) is 16.8. The normalized spacial score (nSPS) is 10.8. The van der Waals surface area contributed by atoms with Gasteiger partial charge in [0, 0.05) is 12.2 Å².